The lowest BCUT2D eigenvalue weighted by Crippen LogP contribution is -2.23. The van der Waals surface area contributed by atoms with Gasteiger partial charge in [0.1, 0.15) is 5.82 Å². The van der Waals surface area contributed by atoms with Crippen molar-refractivity contribution < 1.29 is 31.4 Å². The summed E-state index contributed by atoms with van der Waals surface area (Å²) in [5.41, 5.74) is -0.480. The van der Waals surface area contributed by atoms with Crippen LogP contribution in [0, 0.1) is 29.1 Å². The monoisotopic (exact) mass is 488 g/mol. The van der Waals surface area contributed by atoms with E-state index in [0.29, 0.717) is 12.2 Å². The second-order valence-electron chi connectivity index (χ2n) is 8.37. The first-order valence-corrected chi connectivity index (χ1v) is 11.5. The quantitative estimate of drug-likeness (QED) is 0.259. The topological polar surface area (TPSA) is 18.5 Å². The summed E-state index contributed by atoms with van der Waals surface area (Å²) in [6, 6.07) is 8.89. The van der Waals surface area contributed by atoms with Gasteiger partial charge in [-0.05, 0) is 56.0 Å². The average Bonchev–Trinajstić information content (AvgIpc) is 2.85. The van der Waals surface area contributed by atoms with Gasteiger partial charge in [-0.25, -0.2) is 17.6 Å². The van der Waals surface area contributed by atoms with Crippen LogP contribution in [0.4, 0.5) is 22.0 Å². The number of hydrogen-bond donors (Lipinski definition) is 0. The lowest BCUT2D eigenvalue weighted by molar-refractivity contribution is 0.0319. The molecule has 0 saturated carbocycles. The Morgan fingerprint density at radius 3 is 2.14 bits per heavy atom. The van der Waals surface area contributed by atoms with E-state index >= 15 is 4.39 Å². The second kappa shape index (κ2) is 10.6. The minimum absolute atomic E-state index is 0.0165. The predicted octanol–water partition coefficient (Wildman–Crippen LogP) is 7.95. The number of rotatable bonds is 6. The molecule has 1 heterocycles. The highest BCUT2D eigenvalue weighted by Gasteiger charge is 2.25. The zero-order valence-corrected chi connectivity index (χ0v) is 19.4. The summed E-state index contributed by atoms with van der Waals surface area (Å²) in [5.74, 6) is -6.25. The van der Waals surface area contributed by atoms with Crippen LogP contribution in [0.25, 0.3) is 22.3 Å². The normalized spacial score (nSPS) is 18.3. The number of benzene rings is 3. The molecule has 1 aliphatic heterocycles. The lowest BCUT2D eigenvalue weighted by atomic mass is 9.89. The van der Waals surface area contributed by atoms with Crippen LogP contribution in [0.1, 0.15) is 38.2 Å². The van der Waals surface area contributed by atoms with Gasteiger partial charge in [-0.15, -0.1) is 0 Å². The second-order valence-corrected chi connectivity index (χ2v) is 8.37. The molecule has 3 aromatic rings. The first-order chi connectivity index (χ1) is 16.8. The molecule has 2 unspecified atom stereocenters. The average molecular weight is 488 g/mol. The molecule has 2 nitrogen and oxygen atoms in total. The van der Waals surface area contributed by atoms with Gasteiger partial charge in [0.2, 0.25) is 5.82 Å². The van der Waals surface area contributed by atoms with Gasteiger partial charge in [0.25, 0.3) is 0 Å². The van der Waals surface area contributed by atoms with E-state index in [-0.39, 0.29) is 35.5 Å². The molecule has 2 atom stereocenters. The maximum Gasteiger partial charge on any atom is 0.201 e. The van der Waals surface area contributed by atoms with Gasteiger partial charge in [0, 0.05) is 22.6 Å². The Morgan fingerprint density at radius 2 is 1.51 bits per heavy atom. The molecule has 4 rings (SSSR count). The molecule has 0 bridgehead atoms. The molecule has 35 heavy (non-hydrogen) atoms. The number of hydrogen-bond acceptors (Lipinski definition) is 2. The summed E-state index contributed by atoms with van der Waals surface area (Å²) in [6.45, 7) is 4.01. The lowest BCUT2D eigenvalue weighted by Gasteiger charge is -2.28. The van der Waals surface area contributed by atoms with Crippen molar-refractivity contribution in [3.8, 4) is 28.0 Å². The molecule has 3 aromatic carbocycles. The van der Waals surface area contributed by atoms with E-state index in [1.807, 2.05) is 19.1 Å². The molecule has 0 aromatic heterocycles. The van der Waals surface area contributed by atoms with Crippen molar-refractivity contribution in [1.82, 2.24) is 0 Å². The van der Waals surface area contributed by atoms with Crippen LogP contribution in [-0.4, -0.2) is 19.3 Å². The Bertz CT molecular complexity index is 1250. The third kappa shape index (κ3) is 4.96. The van der Waals surface area contributed by atoms with E-state index < -0.39 is 40.2 Å². The molecule has 1 aliphatic rings. The Morgan fingerprint density at radius 1 is 0.857 bits per heavy atom. The van der Waals surface area contributed by atoms with Crippen molar-refractivity contribution in [2.75, 3.05) is 13.2 Å². The van der Waals surface area contributed by atoms with Gasteiger partial charge in [-0.3, -0.25) is 0 Å². The molecule has 0 spiro atoms. The van der Waals surface area contributed by atoms with Crippen LogP contribution in [-0.2, 0) is 4.74 Å². The van der Waals surface area contributed by atoms with Gasteiger partial charge in [-0.1, -0.05) is 36.4 Å². The summed E-state index contributed by atoms with van der Waals surface area (Å²) in [4.78, 5) is 0. The molecule has 0 N–H and O–H groups in total. The summed E-state index contributed by atoms with van der Waals surface area (Å²) < 4.78 is 84.4. The minimum Gasteiger partial charge on any atom is -0.491 e. The maximum absolute atomic E-state index is 15.0. The van der Waals surface area contributed by atoms with Crippen molar-refractivity contribution in [3.63, 3.8) is 0 Å². The van der Waals surface area contributed by atoms with Gasteiger partial charge >= 0.3 is 0 Å². The van der Waals surface area contributed by atoms with Crippen molar-refractivity contribution >= 4 is 0 Å². The molecule has 0 aliphatic carbocycles. The Kier molecular flexibility index (Phi) is 7.55. The highest BCUT2D eigenvalue weighted by molar-refractivity contribution is 5.72. The van der Waals surface area contributed by atoms with Crippen molar-refractivity contribution in [2.24, 2.45) is 0 Å². The smallest absolute Gasteiger partial charge is 0.201 e. The van der Waals surface area contributed by atoms with E-state index in [0.717, 1.165) is 37.1 Å². The Hall–Kier alpha value is -3.19. The number of halogens is 5. The van der Waals surface area contributed by atoms with E-state index in [2.05, 4.69) is 0 Å². The molecular weight excluding hydrogens is 463 g/mol. The number of ether oxygens (including phenoxy) is 2. The van der Waals surface area contributed by atoms with Crippen LogP contribution in [0.5, 0.6) is 5.75 Å². The van der Waals surface area contributed by atoms with Crippen LogP contribution < -0.4 is 4.74 Å². The van der Waals surface area contributed by atoms with Gasteiger partial charge < -0.3 is 9.47 Å². The third-order valence-electron chi connectivity index (χ3n) is 6.19. The van der Waals surface area contributed by atoms with E-state index in [9.17, 15) is 17.6 Å². The first kappa shape index (κ1) is 24.9. The zero-order valence-electron chi connectivity index (χ0n) is 19.4. The van der Waals surface area contributed by atoms with Crippen molar-refractivity contribution in [1.29, 1.82) is 0 Å². The molecule has 1 saturated heterocycles. The summed E-state index contributed by atoms with van der Waals surface area (Å²) in [5, 5.41) is 0. The largest absolute Gasteiger partial charge is 0.491 e. The van der Waals surface area contributed by atoms with Crippen LogP contribution >= 0.6 is 0 Å². The maximum atomic E-state index is 15.0. The highest BCUT2D eigenvalue weighted by Crippen LogP contribution is 2.37. The molecule has 184 valence electrons. The fraction of sp³-hybridized carbons (Fsp3) is 0.286. The highest BCUT2D eigenvalue weighted by atomic mass is 19.2. The summed E-state index contributed by atoms with van der Waals surface area (Å²) in [6.07, 6.45) is 5.40. The Labute approximate surface area is 201 Å². The van der Waals surface area contributed by atoms with E-state index in [1.54, 1.807) is 13.0 Å². The molecule has 0 radical (unpaired) electrons. The van der Waals surface area contributed by atoms with Crippen LogP contribution in [0.3, 0.4) is 0 Å². The van der Waals surface area contributed by atoms with Gasteiger partial charge in [0.05, 0.1) is 19.3 Å². The van der Waals surface area contributed by atoms with Crippen LogP contribution in [0.15, 0.2) is 54.6 Å². The standard InChI is InChI=1S/C28H25F5O2/c1-3-5-18-8-6-17(15-35-18)19-9-7-16(14-23(19)29)20-10-11-21(26(31)25(20)30)22-12-13-24(34-4-2)28(33)27(22)32/h3,5,7,9-14,17-18H,4,6,8,15H2,1-2H3. The molecular formula is C28H25F5O2. The SMILES string of the molecule is CC=CC1CCC(c2ccc(-c3ccc(-c4ccc(OCC)c(F)c4F)c(F)c3F)cc2F)CO1. The molecule has 0 amide bonds. The number of allylic oxidation sites excluding steroid dienone is 1. The third-order valence-corrected chi connectivity index (χ3v) is 6.19. The van der Waals surface area contributed by atoms with Crippen molar-refractivity contribution in [3.05, 3.63) is 89.3 Å². The first-order valence-electron chi connectivity index (χ1n) is 11.5. The fourth-order valence-electron chi connectivity index (χ4n) is 4.40. The summed E-state index contributed by atoms with van der Waals surface area (Å²) >= 11 is 0. The minimum atomic E-state index is -1.36. The molecule has 7 heteroatoms. The molecule has 1 fully saturated rings. The fourth-order valence-corrected chi connectivity index (χ4v) is 4.40. The van der Waals surface area contributed by atoms with Gasteiger partial charge in [0.15, 0.2) is 23.2 Å². The van der Waals surface area contributed by atoms with Crippen LogP contribution in [0.2, 0.25) is 0 Å². The van der Waals surface area contributed by atoms with E-state index in [4.69, 9.17) is 9.47 Å². The Balaban J connectivity index is 1.62. The van der Waals surface area contributed by atoms with E-state index in [1.165, 1.54) is 12.1 Å². The predicted molar refractivity (Wildman–Crippen MR) is 125 cm³/mol. The summed E-state index contributed by atoms with van der Waals surface area (Å²) in [7, 11) is 0. The van der Waals surface area contributed by atoms with Crippen molar-refractivity contribution in [2.45, 2.75) is 38.7 Å². The van der Waals surface area contributed by atoms with Gasteiger partial charge in [-0.2, -0.15) is 4.39 Å². The zero-order chi connectivity index (χ0) is 25.1.